The highest BCUT2D eigenvalue weighted by molar-refractivity contribution is 7.75. The van der Waals surface area contributed by atoms with Crippen molar-refractivity contribution >= 4 is 18.8 Å². The molecule has 0 radical (unpaired) electrons. The number of thiol groups is 1. The van der Waals surface area contributed by atoms with Crippen LogP contribution < -0.4 is 9.92 Å². The number of primary amides is 1. The molecule has 0 saturated heterocycles. The third-order valence-electron chi connectivity index (χ3n) is 1.25. The molecule has 0 atom stereocenters. The third-order valence-corrected chi connectivity index (χ3v) is 1.45. The van der Waals surface area contributed by atoms with E-state index < -0.39 is 5.91 Å². The van der Waals surface area contributed by atoms with Gasteiger partial charge in [0.1, 0.15) is 5.75 Å². The van der Waals surface area contributed by atoms with Gasteiger partial charge in [-0.05, 0) is 12.1 Å². The Balaban J connectivity index is 3.12. The van der Waals surface area contributed by atoms with Crippen molar-refractivity contribution in [2.45, 2.75) is 0 Å². The second-order valence-corrected chi connectivity index (χ2v) is 2.13. The van der Waals surface area contributed by atoms with E-state index in [1.54, 1.807) is 24.3 Å². The molecule has 11 heavy (non-hydrogen) atoms. The van der Waals surface area contributed by atoms with E-state index >= 15 is 0 Å². The molecule has 1 aromatic rings. The monoisotopic (exact) mass is 169 g/mol. The van der Waals surface area contributed by atoms with E-state index in [2.05, 4.69) is 17.1 Å². The molecule has 0 heterocycles. The summed E-state index contributed by atoms with van der Waals surface area (Å²) in [6.07, 6.45) is 0. The van der Waals surface area contributed by atoms with Gasteiger partial charge in [-0.1, -0.05) is 12.1 Å². The van der Waals surface area contributed by atoms with Crippen molar-refractivity contribution in [2.75, 3.05) is 0 Å². The molecule has 0 aromatic heterocycles. The molecule has 0 bridgehead atoms. The second kappa shape index (κ2) is 3.30. The van der Waals surface area contributed by atoms with E-state index in [0.29, 0.717) is 11.3 Å². The number of carbonyl (C=O) groups excluding carboxylic acids is 1. The zero-order valence-corrected chi connectivity index (χ0v) is 6.54. The number of hydrogen-bond donors (Lipinski definition) is 2. The van der Waals surface area contributed by atoms with Crippen LogP contribution in [0, 0.1) is 0 Å². The summed E-state index contributed by atoms with van der Waals surface area (Å²) in [6.45, 7) is 0. The first-order valence-electron chi connectivity index (χ1n) is 2.96. The number of hydrogen-bond acceptors (Lipinski definition) is 3. The molecule has 2 N–H and O–H groups in total. The maximum atomic E-state index is 10.7. The lowest BCUT2D eigenvalue weighted by Gasteiger charge is -2.01. The molecule has 4 heteroatoms. The molecule has 1 aromatic carbocycles. The number of carbonyl (C=O) groups is 1. The molecule has 0 aliphatic heterocycles. The van der Waals surface area contributed by atoms with Crippen LogP contribution in [0.3, 0.4) is 0 Å². The van der Waals surface area contributed by atoms with Crippen LogP contribution in [0.4, 0.5) is 0 Å². The number of rotatable bonds is 2. The van der Waals surface area contributed by atoms with Gasteiger partial charge in [0.05, 0.1) is 5.56 Å². The molecular weight excluding hydrogens is 162 g/mol. The standard InChI is InChI=1S/C7H7NO2S/c8-7(9)5-3-1-2-4-6(5)10-11/h1-4,11H,(H2,8,9). The van der Waals surface area contributed by atoms with Crippen molar-refractivity contribution in [2.24, 2.45) is 5.73 Å². The zero-order valence-electron chi connectivity index (χ0n) is 5.65. The lowest BCUT2D eigenvalue weighted by atomic mass is 10.2. The number of para-hydroxylation sites is 1. The van der Waals surface area contributed by atoms with Crippen LogP contribution in [-0.4, -0.2) is 5.91 Å². The van der Waals surface area contributed by atoms with Gasteiger partial charge in [-0.15, -0.1) is 0 Å². The Morgan fingerprint density at radius 2 is 2.09 bits per heavy atom. The molecule has 1 amide bonds. The highest BCUT2D eigenvalue weighted by Crippen LogP contribution is 2.17. The predicted molar refractivity (Wildman–Crippen MR) is 44.6 cm³/mol. The van der Waals surface area contributed by atoms with Gasteiger partial charge in [-0.25, -0.2) is 0 Å². The topological polar surface area (TPSA) is 52.3 Å². The van der Waals surface area contributed by atoms with Crippen molar-refractivity contribution in [1.82, 2.24) is 0 Å². The molecule has 0 saturated carbocycles. The molecular formula is C7H7NO2S. The van der Waals surface area contributed by atoms with Crippen molar-refractivity contribution < 1.29 is 8.98 Å². The molecule has 0 unspecified atom stereocenters. The molecule has 58 valence electrons. The Morgan fingerprint density at radius 1 is 1.45 bits per heavy atom. The first-order chi connectivity index (χ1) is 5.25. The van der Waals surface area contributed by atoms with E-state index in [9.17, 15) is 4.79 Å². The summed E-state index contributed by atoms with van der Waals surface area (Å²) < 4.78 is 4.60. The highest BCUT2D eigenvalue weighted by atomic mass is 32.1. The first kappa shape index (κ1) is 7.94. The van der Waals surface area contributed by atoms with Crippen LogP contribution in [0.1, 0.15) is 10.4 Å². The summed E-state index contributed by atoms with van der Waals surface area (Å²) in [4.78, 5) is 10.7. The van der Waals surface area contributed by atoms with Gasteiger partial charge < -0.3 is 9.92 Å². The van der Waals surface area contributed by atoms with Gasteiger partial charge in [-0.2, -0.15) is 0 Å². The van der Waals surface area contributed by atoms with Crippen LogP contribution in [0.25, 0.3) is 0 Å². The minimum atomic E-state index is -0.519. The van der Waals surface area contributed by atoms with Crippen LogP contribution in [-0.2, 0) is 0 Å². The third kappa shape index (κ3) is 1.65. The average Bonchev–Trinajstić information content (AvgIpc) is 2.04. The Kier molecular flexibility index (Phi) is 2.38. The van der Waals surface area contributed by atoms with Crippen LogP contribution in [0.5, 0.6) is 5.75 Å². The Labute approximate surface area is 69.8 Å². The van der Waals surface area contributed by atoms with Gasteiger partial charge in [0.15, 0.2) is 0 Å². The molecule has 0 aliphatic rings. The maximum Gasteiger partial charge on any atom is 0.252 e. The van der Waals surface area contributed by atoms with Crippen LogP contribution in [0.15, 0.2) is 24.3 Å². The average molecular weight is 169 g/mol. The van der Waals surface area contributed by atoms with E-state index in [1.807, 2.05) is 0 Å². The molecule has 3 nitrogen and oxygen atoms in total. The summed E-state index contributed by atoms with van der Waals surface area (Å²) in [5.74, 6) is -0.141. The van der Waals surface area contributed by atoms with E-state index in [1.165, 1.54) is 0 Å². The Hall–Kier alpha value is -1.16. The van der Waals surface area contributed by atoms with Crippen molar-refractivity contribution in [3.63, 3.8) is 0 Å². The fourth-order valence-corrected chi connectivity index (χ4v) is 0.909. The Morgan fingerprint density at radius 3 is 2.55 bits per heavy atom. The van der Waals surface area contributed by atoms with Gasteiger partial charge in [0.25, 0.3) is 5.91 Å². The predicted octanol–water partition coefficient (Wildman–Crippen LogP) is 1.01. The van der Waals surface area contributed by atoms with Gasteiger partial charge in [-0.3, -0.25) is 4.79 Å². The summed E-state index contributed by atoms with van der Waals surface area (Å²) in [5.41, 5.74) is 5.37. The maximum absolute atomic E-state index is 10.7. The fraction of sp³-hybridized carbons (Fsp3) is 0. The van der Waals surface area contributed by atoms with Crippen LogP contribution in [0.2, 0.25) is 0 Å². The van der Waals surface area contributed by atoms with E-state index in [4.69, 9.17) is 5.73 Å². The molecule has 0 spiro atoms. The largest absolute Gasteiger partial charge is 0.428 e. The minimum Gasteiger partial charge on any atom is -0.428 e. The number of benzene rings is 1. The number of nitrogens with two attached hydrogens (primary N) is 1. The molecule has 1 rings (SSSR count). The highest BCUT2D eigenvalue weighted by Gasteiger charge is 2.06. The number of amides is 1. The summed E-state index contributed by atoms with van der Waals surface area (Å²) >= 11 is 3.57. The molecule has 0 aliphatic carbocycles. The Bertz CT molecular complexity index is 275. The quantitative estimate of drug-likeness (QED) is 0.512. The van der Waals surface area contributed by atoms with Crippen LogP contribution >= 0.6 is 12.9 Å². The smallest absolute Gasteiger partial charge is 0.252 e. The summed E-state index contributed by atoms with van der Waals surface area (Å²) in [5, 5.41) is 0. The lowest BCUT2D eigenvalue weighted by Crippen LogP contribution is -2.11. The first-order valence-corrected chi connectivity index (χ1v) is 3.32. The van der Waals surface area contributed by atoms with Crippen molar-refractivity contribution in [3.8, 4) is 5.75 Å². The molecule has 0 fully saturated rings. The van der Waals surface area contributed by atoms with Gasteiger partial charge in [0, 0.05) is 12.9 Å². The van der Waals surface area contributed by atoms with Crippen molar-refractivity contribution in [3.05, 3.63) is 29.8 Å². The lowest BCUT2D eigenvalue weighted by molar-refractivity contribution is 0.0999. The summed E-state index contributed by atoms with van der Waals surface area (Å²) in [6, 6.07) is 6.63. The van der Waals surface area contributed by atoms with Crippen molar-refractivity contribution in [1.29, 1.82) is 0 Å². The zero-order chi connectivity index (χ0) is 8.27. The van der Waals surface area contributed by atoms with E-state index in [-0.39, 0.29) is 0 Å². The van der Waals surface area contributed by atoms with E-state index in [0.717, 1.165) is 0 Å². The van der Waals surface area contributed by atoms with Gasteiger partial charge in [0.2, 0.25) is 0 Å². The SMILES string of the molecule is NC(=O)c1ccccc1OS. The second-order valence-electron chi connectivity index (χ2n) is 1.95. The summed E-state index contributed by atoms with van der Waals surface area (Å²) in [7, 11) is 0. The fourth-order valence-electron chi connectivity index (χ4n) is 0.750. The minimum absolute atomic E-state index is 0.336. The normalized spacial score (nSPS) is 9.18. The van der Waals surface area contributed by atoms with Gasteiger partial charge >= 0.3 is 0 Å².